The number of carbonyl (C=O) groups is 1. The number of halogens is 2. The van der Waals surface area contributed by atoms with Gasteiger partial charge in [0, 0.05) is 24.1 Å². The third kappa shape index (κ3) is 2.83. The summed E-state index contributed by atoms with van der Waals surface area (Å²) in [4.78, 5) is 11.4. The molecule has 2 aromatic rings. The molecule has 0 fully saturated rings. The number of carbonyl (C=O) groups excluding carboxylic acids is 1. The Morgan fingerprint density at radius 3 is 2.57 bits per heavy atom. The Morgan fingerprint density at radius 1 is 1.33 bits per heavy atom. The van der Waals surface area contributed by atoms with E-state index < -0.39 is 28.1 Å². The van der Waals surface area contributed by atoms with Crippen LogP contribution in [-0.4, -0.2) is 26.1 Å². The van der Waals surface area contributed by atoms with E-state index in [0.29, 0.717) is 10.9 Å². The van der Waals surface area contributed by atoms with Crippen LogP contribution in [0, 0.1) is 0 Å². The van der Waals surface area contributed by atoms with E-state index in [2.05, 4.69) is 4.74 Å². The molecule has 21 heavy (non-hydrogen) atoms. The summed E-state index contributed by atoms with van der Waals surface area (Å²) in [5, 5.41) is -3.66. The SMILES string of the molecule is CC(C)OC(=O)C(F)(F)S(=O)c1cn(C)c2ccccc12. The van der Waals surface area contributed by atoms with Crippen molar-refractivity contribution in [2.45, 2.75) is 30.1 Å². The number of nitrogens with zero attached hydrogens (tertiary/aromatic N) is 1. The molecule has 1 aromatic carbocycles. The van der Waals surface area contributed by atoms with Crippen LogP contribution in [0.5, 0.6) is 0 Å². The predicted molar refractivity (Wildman–Crippen MR) is 75.5 cm³/mol. The van der Waals surface area contributed by atoms with Crippen LogP contribution in [0.15, 0.2) is 35.4 Å². The first-order valence-electron chi connectivity index (χ1n) is 6.30. The summed E-state index contributed by atoms with van der Waals surface area (Å²) >= 11 is 0. The maximum Gasteiger partial charge on any atom is 0.420 e. The van der Waals surface area contributed by atoms with Crippen molar-refractivity contribution in [1.82, 2.24) is 4.57 Å². The Bertz CT molecular complexity index is 709. The normalized spacial score (nSPS) is 13.6. The van der Waals surface area contributed by atoms with E-state index in [1.807, 2.05) is 0 Å². The van der Waals surface area contributed by atoms with Gasteiger partial charge in [-0.15, -0.1) is 0 Å². The van der Waals surface area contributed by atoms with E-state index in [1.54, 1.807) is 35.9 Å². The van der Waals surface area contributed by atoms with Gasteiger partial charge in [0.1, 0.15) is 10.8 Å². The van der Waals surface area contributed by atoms with Crippen molar-refractivity contribution >= 4 is 27.7 Å². The first-order valence-corrected chi connectivity index (χ1v) is 7.45. The van der Waals surface area contributed by atoms with Crippen molar-refractivity contribution < 1.29 is 22.5 Å². The first-order chi connectivity index (χ1) is 9.75. The lowest BCUT2D eigenvalue weighted by Gasteiger charge is -2.16. The lowest BCUT2D eigenvalue weighted by Crippen LogP contribution is -2.36. The molecular weight excluding hydrogens is 300 g/mol. The number of ether oxygens (including phenoxy) is 1. The Morgan fingerprint density at radius 2 is 1.95 bits per heavy atom. The molecule has 1 heterocycles. The molecule has 0 aliphatic carbocycles. The van der Waals surface area contributed by atoms with Crippen LogP contribution in [0.25, 0.3) is 10.9 Å². The summed E-state index contributed by atoms with van der Waals surface area (Å²) in [6.07, 6.45) is 0.644. The zero-order chi connectivity index (χ0) is 15.8. The van der Waals surface area contributed by atoms with Gasteiger partial charge in [0.25, 0.3) is 0 Å². The number of aromatic nitrogens is 1. The second kappa shape index (κ2) is 5.55. The molecule has 1 atom stereocenters. The molecule has 0 radical (unpaired) electrons. The van der Waals surface area contributed by atoms with E-state index >= 15 is 0 Å². The molecule has 1 aromatic heterocycles. The third-order valence-corrected chi connectivity index (χ3v) is 4.23. The molecule has 0 bridgehead atoms. The summed E-state index contributed by atoms with van der Waals surface area (Å²) in [7, 11) is -1.16. The lowest BCUT2D eigenvalue weighted by molar-refractivity contribution is -0.164. The smallest absolute Gasteiger partial charge is 0.420 e. The molecule has 0 aliphatic rings. The minimum atomic E-state index is -4.09. The highest BCUT2D eigenvalue weighted by Gasteiger charge is 2.49. The number of para-hydroxylation sites is 1. The molecule has 2 rings (SSSR count). The molecule has 0 saturated heterocycles. The van der Waals surface area contributed by atoms with Crippen molar-refractivity contribution in [2.24, 2.45) is 7.05 Å². The Labute approximate surface area is 123 Å². The van der Waals surface area contributed by atoms with Crippen LogP contribution < -0.4 is 0 Å². The quantitative estimate of drug-likeness (QED) is 0.815. The van der Waals surface area contributed by atoms with Gasteiger partial charge < -0.3 is 9.30 Å². The van der Waals surface area contributed by atoms with Gasteiger partial charge in [-0.05, 0) is 19.9 Å². The molecule has 0 N–H and O–H groups in total. The van der Waals surface area contributed by atoms with Crippen molar-refractivity contribution in [3.05, 3.63) is 30.5 Å². The van der Waals surface area contributed by atoms with Gasteiger partial charge in [-0.3, -0.25) is 0 Å². The lowest BCUT2D eigenvalue weighted by atomic mass is 10.2. The van der Waals surface area contributed by atoms with Gasteiger partial charge in [-0.2, -0.15) is 8.78 Å². The van der Waals surface area contributed by atoms with Gasteiger partial charge in [0.15, 0.2) is 0 Å². The Kier molecular flexibility index (Phi) is 4.13. The molecule has 0 amide bonds. The number of aryl methyl sites for hydroxylation is 1. The van der Waals surface area contributed by atoms with Crippen LogP contribution >= 0.6 is 0 Å². The number of esters is 1. The summed E-state index contributed by atoms with van der Waals surface area (Å²) in [5.41, 5.74) is 0.661. The summed E-state index contributed by atoms with van der Waals surface area (Å²) in [5.74, 6) is -1.77. The summed E-state index contributed by atoms with van der Waals surface area (Å²) in [6, 6.07) is 6.72. The standard InChI is InChI=1S/C14H15F2NO3S/c1-9(2)20-13(18)14(15,16)21(19)12-8-17(3)11-7-5-4-6-10(11)12/h4-9H,1-3H3. The van der Waals surface area contributed by atoms with Gasteiger partial charge in [-0.25, -0.2) is 9.00 Å². The zero-order valence-corrected chi connectivity index (χ0v) is 12.6. The number of fused-ring (bicyclic) bond motifs is 1. The topological polar surface area (TPSA) is 48.3 Å². The van der Waals surface area contributed by atoms with Gasteiger partial charge >= 0.3 is 11.2 Å². The molecule has 1 unspecified atom stereocenters. The second-order valence-electron chi connectivity index (χ2n) is 4.86. The maximum atomic E-state index is 14.0. The number of rotatable bonds is 4. The molecule has 4 nitrogen and oxygen atoms in total. The molecule has 0 saturated carbocycles. The molecule has 114 valence electrons. The number of hydrogen-bond donors (Lipinski definition) is 0. The highest BCUT2D eigenvalue weighted by Crippen LogP contribution is 2.32. The van der Waals surface area contributed by atoms with Crippen LogP contribution in [0.3, 0.4) is 0 Å². The van der Waals surface area contributed by atoms with Crippen LogP contribution in [-0.2, 0) is 27.4 Å². The van der Waals surface area contributed by atoms with Crippen molar-refractivity contribution in [3.8, 4) is 0 Å². The van der Waals surface area contributed by atoms with Gasteiger partial charge in [-0.1, -0.05) is 18.2 Å². The molecular formula is C14H15F2NO3S. The summed E-state index contributed by atoms with van der Waals surface area (Å²) < 4.78 is 46.3. The Hall–Kier alpha value is -1.76. The minimum absolute atomic E-state index is 0.0844. The van der Waals surface area contributed by atoms with Crippen molar-refractivity contribution in [2.75, 3.05) is 0 Å². The highest BCUT2D eigenvalue weighted by atomic mass is 32.2. The summed E-state index contributed by atoms with van der Waals surface area (Å²) in [6.45, 7) is 2.91. The number of hydrogen-bond acceptors (Lipinski definition) is 3. The molecule has 0 aliphatic heterocycles. The van der Waals surface area contributed by atoms with Crippen LogP contribution in [0.1, 0.15) is 13.8 Å². The van der Waals surface area contributed by atoms with Crippen molar-refractivity contribution in [1.29, 1.82) is 0 Å². The van der Waals surface area contributed by atoms with Crippen molar-refractivity contribution in [3.63, 3.8) is 0 Å². The predicted octanol–water partition coefficient (Wildman–Crippen LogP) is 2.83. The van der Waals surface area contributed by atoms with Gasteiger partial charge in [0.05, 0.1) is 11.0 Å². The van der Waals surface area contributed by atoms with Crippen LogP contribution in [0.4, 0.5) is 8.78 Å². The number of alkyl halides is 2. The Balaban J connectivity index is 2.44. The highest BCUT2D eigenvalue weighted by molar-refractivity contribution is 7.87. The molecule has 7 heteroatoms. The van der Waals surface area contributed by atoms with E-state index in [0.717, 1.165) is 0 Å². The third-order valence-electron chi connectivity index (χ3n) is 2.87. The van der Waals surface area contributed by atoms with E-state index in [4.69, 9.17) is 0 Å². The van der Waals surface area contributed by atoms with E-state index in [9.17, 15) is 17.8 Å². The van der Waals surface area contributed by atoms with Crippen LogP contribution in [0.2, 0.25) is 0 Å². The molecule has 0 spiro atoms. The fourth-order valence-corrected chi connectivity index (χ4v) is 3.05. The maximum absolute atomic E-state index is 14.0. The fourth-order valence-electron chi connectivity index (χ4n) is 1.95. The average molecular weight is 315 g/mol. The second-order valence-corrected chi connectivity index (χ2v) is 6.35. The van der Waals surface area contributed by atoms with E-state index in [1.165, 1.54) is 20.0 Å². The monoisotopic (exact) mass is 315 g/mol. The first kappa shape index (κ1) is 15.6. The fraction of sp³-hybridized carbons (Fsp3) is 0.357. The van der Waals surface area contributed by atoms with Gasteiger partial charge in [0.2, 0.25) is 0 Å². The zero-order valence-electron chi connectivity index (χ0n) is 11.8. The minimum Gasteiger partial charge on any atom is -0.458 e. The average Bonchev–Trinajstić information content (AvgIpc) is 2.75. The van der Waals surface area contributed by atoms with E-state index in [-0.39, 0.29) is 4.90 Å². The number of benzene rings is 1. The largest absolute Gasteiger partial charge is 0.458 e.